The molecule has 3 fully saturated rings. The summed E-state index contributed by atoms with van der Waals surface area (Å²) in [5.74, 6) is 4.94. The molecule has 0 radical (unpaired) electrons. The van der Waals surface area contributed by atoms with E-state index in [1.165, 1.54) is 19.3 Å². The topological polar surface area (TPSA) is 63.8 Å². The van der Waals surface area contributed by atoms with E-state index in [0.29, 0.717) is 12.0 Å². The highest BCUT2D eigenvalue weighted by Gasteiger charge is 2.65. The summed E-state index contributed by atoms with van der Waals surface area (Å²) >= 11 is 3.47. The quantitative estimate of drug-likeness (QED) is 0.878. The summed E-state index contributed by atoms with van der Waals surface area (Å²) in [5, 5.41) is 3.55. The Morgan fingerprint density at radius 3 is 2.71 bits per heavy atom. The number of anilines is 2. The molecule has 3 N–H and O–H groups in total. The van der Waals surface area contributed by atoms with E-state index in [1.54, 1.807) is 6.20 Å². The maximum absolute atomic E-state index is 5.62. The minimum absolute atomic E-state index is 0.337. The molecule has 1 aromatic heterocycles. The molecule has 0 spiro atoms. The molecule has 3 aliphatic rings. The molecule has 0 amide bonds. The molecule has 3 saturated carbocycles. The van der Waals surface area contributed by atoms with E-state index < -0.39 is 0 Å². The molecule has 1 heterocycles. The number of nitrogen functional groups attached to an aromatic ring is 1. The second kappa shape index (κ2) is 3.34. The molecule has 2 bridgehead atoms. The predicted octanol–water partition coefficient (Wildman–Crippen LogP) is 2.28. The van der Waals surface area contributed by atoms with Crippen LogP contribution in [0.4, 0.5) is 11.8 Å². The van der Waals surface area contributed by atoms with Gasteiger partial charge in [0.1, 0.15) is 5.82 Å². The van der Waals surface area contributed by atoms with Gasteiger partial charge >= 0.3 is 0 Å². The Labute approximate surface area is 109 Å². The van der Waals surface area contributed by atoms with Crippen molar-refractivity contribution in [1.29, 1.82) is 0 Å². The summed E-state index contributed by atoms with van der Waals surface area (Å²) in [6, 6.07) is 0.631. The zero-order valence-electron chi connectivity index (χ0n) is 9.44. The highest BCUT2D eigenvalue weighted by molar-refractivity contribution is 9.10. The van der Waals surface area contributed by atoms with Crippen LogP contribution < -0.4 is 11.1 Å². The normalized spacial score (nSPS) is 41.4. The van der Waals surface area contributed by atoms with Crippen LogP contribution in [0.25, 0.3) is 0 Å². The fourth-order valence-corrected chi connectivity index (χ4v) is 4.46. The second-order valence-corrected chi connectivity index (χ2v) is 6.44. The highest BCUT2D eigenvalue weighted by atomic mass is 79.9. The lowest BCUT2D eigenvalue weighted by molar-refractivity contribution is 0.456. The summed E-state index contributed by atoms with van der Waals surface area (Å²) in [5.41, 5.74) is 5.62. The lowest BCUT2D eigenvalue weighted by Gasteiger charge is -2.12. The minimum Gasteiger partial charge on any atom is -0.368 e. The highest BCUT2D eigenvalue weighted by Crippen LogP contribution is 2.66. The van der Waals surface area contributed by atoms with Crippen LogP contribution in [-0.2, 0) is 0 Å². The van der Waals surface area contributed by atoms with Crippen LogP contribution in [0.2, 0.25) is 0 Å². The van der Waals surface area contributed by atoms with Crippen LogP contribution in [0, 0.1) is 23.7 Å². The molecule has 0 aliphatic heterocycles. The third kappa shape index (κ3) is 1.41. The van der Waals surface area contributed by atoms with Crippen LogP contribution >= 0.6 is 15.9 Å². The van der Waals surface area contributed by atoms with Crippen molar-refractivity contribution in [2.45, 2.75) is 25.3 Å². The maximum Gasteiger partial charge on any atom is 0.221 e. The number of nitrogens with one attached hydrogen (secondary N) is 1. The molecular weight excluding hydrogens is 280 g/mol. The van der Waals surface area contributed by atoms with Gasteiger partial charge in [-0.1, -0.05) is 0 Å². The second-order valence-electron chi connectivity index (χ2n) is 5.58. The third-order valence-electron chi connectivity index (χ3n) is 4.80. The Morgan fingerprint density at radius 1 is 1.29 bits per heavy atom. The number of hydrogen-bond donors (Lipinski definition) is 2. The van der Waals surface area contributed by atoms with Crippen LogP contribution in [0.1, 0.15) is 19.3 Å². The lowest BCUT2D eigenvalue weighted by atomic mass is 10.0. The largest absolute Gasteiger partial charge is 0.368 e. The molecule has 90 valence electrons. The fourth-order valence-electron chi connectivity index (χ4n) is 4.16. The van der Waals surface area contributed by atoms with E-state index in [2.05, 4.69) is 31.2 Å². The molecule has 4 nitrogen and oxygen atoms in total. The first-order valence-corrected chi connectivity index (χ1v) is 7.08. The molecule has 3 aliphatic carbocycles. The van der Waals surface area contributed by atoms with Gasteiger partial charge in [-0.15, -0.1) is 0 Å². The Morgan fingerprint density at radius 2 is 2.00 bits per heavy atom. The van der Waals surface area contributed by atoms with Gasteiger partial charge in [-0.2, -0.15) is 4.98 Å². The maximum atomic E-state index is 5.62. The molecule has 17 heavy (non-hydrogen) atoms. The SMILES string of the molecule is Nc1ncc(Br)c(NC2C3C4CCC(C4)C23)n1. The van der Waals surface area contributed by atoms with Gasteiger partial charge in [-0.05, 0) is 58.9 Å². The average Bonchev–Trinajstić information content (AvgIpc) is 2.72. The summed E-state index contributed by atoms with van der Waals surface area (Å²) in [7, 11) is 0. The van der Waals surface area contributed by atoms with Gasteiger partial charge in [0, 0.05) is 12.2 Å². The molecule has 5 heteroatoms. The first-order chi connectivity index (χ1) is 8.24. The Kier molecular flexibility index (Phi) is 1.99. The Balaban J connectivity index is 1.54. The molecule has 4 rings (SSSR count). The van der Waals surface area contributed by atoms with Crippen molar-refractivity contribution >= 4 is 27.7 Å². The smallest absolute Gasteiger partial charge is 0.221 e. The van der Waals surface area contributed by atoms with Crippen molar-refractivity contribution in [3.63, 3.8) is 0 Å². The monoisotopic (exact) mass is 294 g/mol. The van der Waals surface area contributed by atoms with Gasteiger partial charge in [0.15, 0.2) is 0 Å². The van der Waals surface area contributed by atoms with Crippen LogP contribution in [0.5, 0.6) is 0 Å². The Hall–Kier alpha value is -0.840. The number of fused-ring (bicyclic) bond motifs is 5. The van der Waals surface area contributed by atoms with Crippen molar-refractivity contribution < 1.29 is 0 Å². The molecule has 1 aromatic rings. The van der Waals surface area contributed by atoms with E-state index >= 15 is 0 Å². The minimum atomic E-state index is 0.337. The van der Waals surface area contributed by atoms with E-state index in [-0.39, 0.29) is 0 Å². The van der Waals surface area contributed by atoms with Crippen molar-refractivity contribution in [1.82, 2.24) is 9.97 Å². The number of aromatic nitrogens is 2. The first kappa shape index (κ1) is 10.1. The molecule has 4 atom stereocenters. The molecular formula is C12H15BrN4. The number of rotatable bonds is 2. The third-order valence-corrected chi connectivity index (χ3v) is 5.38. The fraction of sp³-hybridized carbons (Fsp3) is 0.667. The number of nitrogens with two attached hydrogens (primary N) is 1. The molecule has 0 aromatic carbocycles. The van der Waals surface area contributed by atoms with Gasteiger partial charge in [0.25, 0.3) is 0 Å². The van der Waals surface area contributed by atoms with Crippen LogP contribution in [0.3, 0.4) is 0 Å². The zero-order valence-corrected chi connectivity index (χ0v) is 11.0. The average molecular weight is 295 g/mol. The lowest BCUT2D eigenvalue weighted by Crippen LogP contribution is -2.14. The van der Waals surface area contributed by atoms with E-state index in [4.69, 9.17) is 5.73 Å². The van der Waals surface area contributed by atoms with Gasteiger partial charge in [-0.25, -0.2) is 4.98 Å². The molecule has 0 saturated heterocycles. The molecule has 4 unspecified atom stereocenters. The van der Waals surface area contributed by atoms with Crippen molar-refractivity contribution in [3.05, 3.63) is 10.7 Å². The van der Waals surface area contributed by atoms with Gasteiger partial charge in [0.2, 0.25) is 5.95 Å². The zero-order chi connectivity index (χ0) is 11.6. The standard InChI is InChI=1S/C12H15BrN4/c13-7-4-15-12(14)17-11(7)16-10-8-5-1-2-6(3-5)9(8)10/h4-6,8-10H,1-3H2,(H3,14,15,16,17). The van der Waals surface area contributed by atoms with Crippen LogP contribution in [-0.4, -0.2) is 16.0 Å². The van der Waals surface area contributed by atoms with Crippen molar-refractivity contribution in [2.75, 3.05) is 11.1 Å². The number of halogens is 1. The van der Waals surface area contributed by atoms with Gasteiger partial charge < -0.3 is 11.1 Å². The summed E-state index contributed by atoms with van der Waals surface area (Å²) < 4.78 is 0.907. The Bertz CT molecular complexity index is 462. The first-order valence-electron chi connectivity index (χ1n) is 6.28. The van der Waals surface area contributed by atoms with Crippen LogP contribution in [0.15, 0.2) is 10.7 Å². The van der Waals surface area contributed by atoms with Gasteiger partial charge in [0.05, 0.1) is 4.47 Å². The van der Waals surface area contributed by atoms with E-state index in [9.17, 15) is 0 Å². The number of nitrogens with zero attached hydrogens (tertiary/aromatic N) is 2. The van der Waals surface area contributed by atoms with Crippen molar-refractivity contribution in [3.8, 4) is 0 Å². The predicted molar refractivity (Wildman–Crippen MR) is 69.4 cm³/mol. The van der Waals surface area contributed by atoms with E-state index in [1.807, 2.05) is 0 Å². The summed E-state index contributed by atoms with van der Waals surface area (Å²) in [6.45, 7) is 0. The summed E-state index contributed by atoms with van der Waals surface area (Å²) in [6.07, 6.45) is 6.08. The van der Waals surface area contributed by atoms with E-state index in [0.717, 1.165) is 34.0 Å². The van der Waals surface area contributed by atoms with Crippen molar-refractivity contribution in [2.24, 2.45) is 23.7 Å². The number of hydrogen-bond acceptors (Lipinski definition) is 4. The van der Waals surface area contributed by atoms with Gasteiger partial charge in [-0.3, -0.25) is 0 Å². The summed E-state index contributed by atoms with van der Waals surface area (Å²) in [4.78, 5) is 8.22.